The average Bonchev–Trinajstić information content (AvgIpc) is 2.88. The number of rotatable bonds is 4. The van der Waals surface area contributed by atoms with Crippen molar-refractivity contribution in [3.05, 3.63) is 30.1 Å². The van der Waals surface area contributed by atoms with Crippen LogP contribution in [0.4, 0.5) is 4.79 Å². The molecule has 1 aromatic heterocycles. The third kappa shape index (κ3) is 3.71. The second-order valence-corrected chi connectivity index (χ2v) is 4.98. The molecule has 0 unspecified atom stereocenters. The molecule has 0 fully saturated rings. The summed E-state index contributed by atoms with van der Waals surface area (Å²) in [6.07, 6.45) is 0. The molecule has 21 heavy (non-hydrogen) atoms. The fraction of sp³-hybridized carbons (Fsp3) is 0.357. The van der Waals surface area contributed by atoms with E-state index < -0.39 is 0 Å². The van der Waals surface area contributed by atoms with Crippen LogP contribution in [-0.2, 0) is 4.79 Å². The maximum atomic E-state index is 11.8. The van der Waals surface area contributed by atoms with Crippen molar-refractivity contribution in [2.24, 2.45) is 0 Å². The van der Waals surface area contributed by atoms with Crippen LogP contribution in [0.1, 0.15) is 18.8 Å². The molecule has 112 valence electrons. The molecule has 7 nitrogen and oxygen atoms in total. The van der Waals surface area contributed by atoms with Crippen LogP contribution < -0.4 is 10.6 Å². The van der Waals surface area contributed by atoms with E-state index in [0.717, 1.165) is 11.0 Å². The van der Waals surface area contributed by atoms with Gasteiger partial charge in [0.05, 0.1) is 23.6 Å². The Labute approximate surface area is 122 Å². The number of nitrogens with zero attached hydrogens (tertiary/aromatic N) is 2. The summed E-state index contributed by atoms with van der Waals surface area (Å²) < 4.78 is 0. The van der Waals surface area contributed by atoms with Crippen LogP contribution >= 0.6 is 0 Å². The molecule has 3 amide bonds. The molecule has 1 aromatic carbocycles. The first-order valence-electron chi connectivity index (χ1n) is 6.66. The van der Waals surface area contributed by atoms with Gasteiger partial charge in [0.15, 0.2) is 0 Å². The second-order valence-electron chi connectivity index (χ2n) is 4.98. The monoisotopic (exact) mass is 289 g/mol. The number of H-pyrrole nitrogens is 1. The highest BCUT2D eigenvalue weighted by atomic mass is 16.2. The van der Waals surface area contributed by atoms with E-state index in [2.05, 4.69) is 20.6 Å². The number of fused-ring (bicyclic) bond motifs is 1. The first-order chi connectivity index (χ1) is 9.97. The minimum Gasteiger partial charge on any atom is -0.345 e. The Kier molecular flexibility index (Phi) is 4.42. The van der Waals surface area contributed by atoms with Gasteiger partial charge >= 0.3 is 6.03 Å². The van der Waals surface area contributed by atoms with Gasteiger partial charge in [0.25, 0.3) is 0 Å². The molecule has 3 N–H and O–H groups in total. The van der Waals surface area contributed by atoms with E-state index in [0.29, 0.717) is 5.82 Å². The van der Waals surface area contributed by atoms with Crippen LogP contribution in [0.3, 0.4) is 0 Å². The zero-order valence-electron chi connectivity index (χ0n) is 12.3. The van der Waals surface area contributed by atoms with Crippen molar-refractivity contribution in [1.29, 1.82) is 0 Å². The van der Waals surface area contributed by atoms with Crippen molar-refractivity contribution in [2.75, 3.05) is 20.6 Å². The molecular formula is C14H19N5O2. The van der Waals surface area contributed by atoms with Gasteiger partial charge in [-0.25, -0.2) is 9.78 Å². The second kappa shape index (κ2) is 6.25. The molecule has 2 aromatic rings. The Morgan fingerprint density at radius 2 is 2.05 bits per heavy atom. The highest BCUT2D eigenvalue weighted by Gasteiger charge is 2.14. The Hall–Kier alpha value is -2.57. The van der Waals surface area contributed by atoms with Crippen LogP contribution in [0.15, 0.2) is 24.3 Å². The number of aromatic nitrogens is 2. The van der Waals surface area contributed by atoms with Gasteiger partial charge in [-0.2, -0.15) is 0 Å². The fourth-order valence-electron chi connectivity index (χ4n) is 1.85. The number of hydrogen-bond acceptors (Lipinski definition) is 3. The van der Waals surface area contributed by atoms with Crippen molar-refractivity contribution in [1.82, 2.24) is 25.5 Å². The van der Waals surface area contributed by atoms with E-state index >= 15 is 0 Å². The normalized spacial score (nSPS) is 12.0. The molecule has 0 spiro atoms. The Morgan fingerprint density at radius 3 is 2.71 bits per heavy atom. The van der Waals surface area contributed by atoms with Gasteiger partial charge in [-0.05, 0) is 19.1 Å². The molecule has 1 heterocycles. The van der Waals surface area contributed by atoms with Crippen LogP contribution in [-0.4, -0.2) is 47.4 Å². The summed E-state index contributed by atoms with van der Waals surface area (Å²) in [6.45, 7) is 1.77. The number of hydrogen-bond donors (Lipinski definition) is 3. The third-order valence-electron chi connectivity index (χ3n) is 3.00. The number of nitrogens with one attached hydrogen (secondary N) is 3. The maximum absolute atomic E-state index is 11.8. The highest BCUT2D eigenvalue weighted by molar-refractivity contribution is 5.84. The van der Waals surface area contributed by atoms with Crippen molar-refractivity contribution >= 4 is 23.0 Å². The van der Waals surface area contributed by atoms with Crippen LogP contribution in [0.25, 0.3) is 11.0 Å². The summed E-state index contributed by atoms with van der Waals surface area (Å²) >= 11 is 0. The standard InChI is InChI=1S/C14H19N5O2/c1-9(16-12(20)8-15-14(21)19(2)3)13-17-10-6-4-5-7-11(10)18-13/h4-7,9H,8H2,1-3H3,(H,15,21)(H,16,20)(H,17,18)/t9-/m0/s1. The summed E-state index contributed by atoms with van der Waals surface area (Å²) in [5, 5.41) is 5.30. The summed E-state index contributed by atoms with van der Waals surface area (Å²) in [7, 11) is 3.23. The largest absolute Gasteiger partial charge is 0.345 e. The first-order valence-corrected chi connectivity index (χ1v) is 6.66. The molecule has 0 bridgehead atoms. The lowest BCUT2D eigenvalue weighted by Crippen LogP contribution is -2.42. The predicted octanol–water partition coefficient (Wildman–Crippen LogP) is 1.01. The van der Waals surface area contributed by atoms with E-state index in [1.165, 1.54) is 4.90 Å². The summed E-state index contributed by atoms with van der Waals surface area (Å²) in [6, 6.07) is 7.10. The molecular weight excluding hydrogens is 270 g/mol. The topological polar surface area (TPSA) is 90.1 Å². The predicted molar refractivity (Wildman–Crippen MR) is 79.7 cm³/mol. The minimum absolute atomic E-state index is 0.0679. The summed E-state index contributed by atoms with van der Waals surface area (Å²) in [5.41, 5.74) is 1.78. The number of benzene rings is 1. The van der Waals surface area contributed by atoms with E-state index in [1.54, 1.807) is 14.1 Å². The molecule has 7 heteroatoms. The van der Waals surface area contributed by atoms with E-state index in [4.69, 9.17) is 0 Å². The zero-order chi connectivity index (χ0) is 15.4. The lowest BCUT2D eigenvalue weighted by Gasteiger charge is -2.14. The third-order valence-corrected chi connectivity index (χ3v) is 3.00. The van der Waals surface area contributed by atoms with Crippen LogP contribution in [0, 0.1) is 0 Å². The van der Waals surface area contributed by atoms with Gasteiger partial charge in [0.1, 0.15) is 5.82 Å². The van der Waals surface area contributed by atoms with Gasteiger partial charge < -0.3 is 20.5 Å². The Balaban J connectivity index is 1.93. The van der Waals surface area contributed by atoms with E-state index in [9.17, 15) is 9.59 Å². The van der Waals surface area contributed by atoms with Gasteiger partial charge in [-0.3, -0.25) is 4.79 Å². The van der Waals surface area contributed by atoms with Crippen LogP contribution in [0.5, 0.6) is 0 Å². The molecule has 0 aliphatic rings. The minimum atomic E-state index is -0.304. The summed E-state index contributed by atoms with van der Waals surface area (Å²) in [4.78, 5) is 32.1. The van der Waals surface area contributed by atoms with Crippen molar-refractivity contribution < 1.29 is 9.59 Å². The number of amides is 3. The Bertz CT molecular complexity index is 617. The van der Waals surface area contributed by atoms with Gasteiger partial charge in [0.2, 0.25) is 5.91 Å². The SMILES string of the molecule is C[C@H](NC(=O)CNC(=O)N(C)C)c1nc2ccccc2[nH]1. The molecule has 1 atom stereocenters. The van der Waals surface area contributed by atoms with E-state index in [1.807, 2.05) is 31.2 Å². The number of carbonyl (C=O) groups excluding carboxylic acids is 2. The maximum Gasteiger partial charge on any atom is 0.317 e. The number of para-hydroxylation sites is 2. The van der Waals surface area contributed by atoms with Gasteiger partial charge in [-0.1, -0.05) is 12.1 Å². The number of aromatic amines is 1. The van der Waals surface area contributed by atoms with Gasteiger partial charge in [0, 0.05) is 14.1 Å². The number of carbonyl (C=O) groups is 2. The molecule has 0 aliphatic heterocycles. The highest BCUT2D eigenvalue weighted by Crippen LogP contribution is 2.15. The lowest BCUT2D eigenvalue weighted by molar-refractivity contribution is -0.120. The van der Waals surface area contributed by atoms with Gasteiger partial charge in [-0.15, -0.1) is 0 Å². The number of urea groups is 1. The fourth-order valence-corrected chi connectivity index (χ4v) is 1.85. The average molecular weight is 289 g/mol. The van der Waals surface area contributed by atoms with E-state index in [-0.39, 0.29) is 24.5 Å². The van der Waals surface area contributed by atoms with Crippen molar-refractivity contribution in [3.63, 3.8) is 0 Å². The number of imidazole rings is 1. The molecule has 2 rings (SSSR count). The quantitative estimate of drug-likeness (QED) is 0.784. The molecule has 0 aliphatic carbocycles. The van der Waals surface area contributed by atoms with Crippen molar-refractivity contribution in [2.45, 2.75) is 13.0 Å². The lowest BCUT2D eigenvalue weighted by atomic mass is 10.3. The smallest absolute Gasteiger partial charge is 0.317 e. The van der Waals surface area contributed by atoms with Crippen LogP contribution in [0.2, 0.25) is 0 Å². The first kappa shape index (κ1) is 14.8. The molecule has 0 saturated heterocycles. The molecule has 0 saturated carbocycles. The summed E-state index contributed by atoms with van der Waals surface area (Å²) in [5.74, 6) is 0.418. The van der Waals surface area contributed by atoms with Crippen molar-refractivity contribution in [3.8, 4) is 0 Å². The Morgan fingerprint density at radius 1 is 1.33 bits per heavy atom. The zero-order valence-corrected chi connectivity index (χ0v) is 12.3. The molecule has 0 radical (unpaired) electrons.